The van der Waals surface area contributed by atoms with Crippen molar-refractivity contribution in [1.29, 1.82) is 0 Å². The molecule has 0 bridgehead atoms. The highest BCUT2D eigenvalue weighted by atomic mass is 19.1. The SMILES string of the molecule is CCOC1CC(CC(O)c2cc(F)ccc2OC)C1. The molecule has 1 N–H and O–H groups in total. The fourth-order valence-corrected chi connectivity index (χ4v) is 2.65. The van der Waals surface area contributed by atoms with Crippen molar-refractivity contribution < 1.29 is 19.0 Å². The molecule has 1 fully saturated rings. The summed E-state index contributed by atoms with van der Waals surface area (Å²) < 4.78 is 23.9. The third-order valence-electron chi connectivity index (χ3n) is 3.70. The molecule has 1 aromatic rings. The van der Waals surface area contributed by atoms with Gasteiger partial charge in [-0.1, -0.05) is 0 Å². The lowest BCUT2D eigenvalue weighted by atomic mass is 9.78. The van der Waals surface area contributed by atoms with Crippen molar-refractivity contribution >= 4 is 0 Å². The van der Waals surface area contributed by atoms with E-state index >= 15 is 0 Å². The van der Waals surface area contributed by atoms with Crippen molar-refractivity contribution in [3.8, 4) is 5.75 Å². The predicted molar refractivity (Wildman–Crippen MR) is 70.7 cm³/mol. The summed E-state index contributed by atoms with van der Waals surface area (Å²) in [5.41, 5.74) is 0.530. The van der Waals surface area contributed by atoms with Crippen molar-refractivity contribution in [2.45, 2.75) is 38.4 Å². The zero-order valence-corrected chi connectivity index (χ0v) is 11.4. The molecular weight excluding hydrogens is 247 g/mol. The summed E-state index contributed by atoms with van der Waals surface area (Å²) >= 11 is 0. The highest BCUT2D eigenvalue weighted by molar-refractivity contribution is 5.35. The molecule has 0 amide bonds. The molecule has 1 unspecified atom stereocenters. The quantitative estimate of drug-likeness (QED) is 0.861. The molecule has 0 aromatic heterocycles. The molecule has 106 valence electrons. The largest absolute Gasteiger partial charge is 0.496 e. The minimum atomic E-state index is -0.682. The zero-order chi connectivity index (χ0) is 13.8. The van der Waals surface area contributed by atoms with E-state index in [0.717, 1.165) is 19.4 Å². The maximum Gasteiger partial charge on any atom is 0.124 e. The summed E-state index contributed by atoms with van der Waals surface area (Å²) in [6.45, 7) is 2.72. The van der Waals surface area contributed by atoms with Gasteiger partial charge in [0, 0.05) is 12.2 Å². The van der Waals surface area contributed by atoms with E-state index < -0.39 is 6.10 Å². The van der Waals surface area contributed by atoms with E-state index in [4.69, 9.17) is 9.47 Å². The van der Waals surface area contributed by atoms with Gasteiger partial charge in [0.1, 0.15) is 11.6 Å². The predicted octanol–water partition coefficient (Wildman–Crippen LogP) is 3.07. The maximum absolute atomic E-state index is 13.3. The summed E-state index contributed by atoms with van der Waals surface area (Å²) in [7, 11) is 1.53. The molecule has 1 saturated carbocycles. The van der Waals surface area contributed by atoms with E-state index in [1.807, 2.05) is 6.92 Å². The molecule has 0 aliphatic heterocycles. The normalized spacial score (nSPS) is 23.8. The van der Waals surface area contributed by atoms with Gasteiger partial charge < -0.3 is 14.6 Å². The Labute approximate surface area is 113 Å². The molecule has 1 aromatic carbocycles. The van der Waals surface area contributed by atoms with Crippen molar-refractivity contribution in [2.75, 3.05) is 13.7 Å². The van der Waals surface area contributed by atoms with Crippen LogP contribution in [0.4, 0.5) is 4.39 Å². The van der Waals surface area contributed by atoms with Gasteiger partial charge in [0.2, 0.25) is 0 Å². The Morgan fingerprint density at radius 1 is 1.42 bits per heavy atom. The molecule has 19 heavy (non-hydrogen) atoms. The lowest BCUT2D eigenvalue weighted by Crippen LogP contribution is -2.32. The Morgan fingerprint density at radius 2 is 2.16 bits per heavy atom. The summed E-state index contributed by atoms with van der Waals surface area (Å²) in [5.74, 6) is 0.629. The van der Waals surface area contributed by atoms with Crippen LogP contribution in [-0.4, -0.2) is 24.9 Å². The van der Waals surface area contributed by atoms with Gasteiger partial charge in [0.25, 0.3) is 0 Å². The van der Waals surface area contributed by atoms with Crippen molar-refractivity contribution in [1.82, 2.24) is 0 Å². The Kier molecular flexibility index (Phi) is 4.77. The molecular formula is C15H21FO3. The van der Waals surface area contributed by atoms with Gasteiger partial charge in [-0.2, -0.15) is 0 Å². The fourth-order valence-electron chi connectivity index (χ4n) is 2.65. The molecule has 0 radical (unpaired) electrons. The number of benzene rings is 1. The van der Waals surface area contributed by atoms with Gasteiger partial charge in [-0.15, -0.1) is 0 Å². The van der Waals surface area contributed by atoms with E-state index in [-0.39, 0.29) is 5.82 Å². The average Bonchev–Trinajstić information content (AvgIpc) is 2.36. The first-order valence-electron chi connectivity index (χ1n) is 6.77. The third kappa shape index (κ3) is 3.45. The molecule has 1 aliphatic rings. The third-order valence-corrected chi connectivity index (χ3v) is 3.70. The van der Waals surface area contributed by atoms with Crippen molar-refractivity contribution in [3.05, 3.63) is 29.6 Å². The van der Waals surface area contributed by atoms with E-state index in [9.17, 15) is 9.50 Å². The van der Waals surface area contributed by atoms with Gasteiger partial charge >= 0.3 is 0 Å². The molecule has 1 aliphatic carbocycles. The van der Waals surface area contributed by atoms with Crippen LogP contribution in [0.2, 0.25) is 0 Å². The van der Waals surface area contributed by atoms with E-state index in [1.165, 1.54) is 19.2 Å². The van der Waals surface area contributed by atoms with Gasteiger partial charge in [0.05, 0.1) is 19.3 Å². The van der Waals surface area contributed by atoms with E-state index in [2.05, 4.69) is 0 Å². The topological polar surface area (TPSA) is 38.7 Å². The van der Waals surface area contributed by atoms with Crippen molar-refractivity contribution in [3.63, 3.8) is 0 Å². The lowest BCUT2D eigenvalue weighted by molar-refractivity contribution is -0.0381. The maximum atomic E-state index is 13.3. The van der Waals surface area contributed by atoms with Crippen molar-refractivity contribution in [2.24, 2.45) is 5.92 Å². The Hall–Kier alpha value is -1.13. The van der Waals surface area contributed by atoms with Gasteiger partial charge in [-0.3, -0.25) is 0 Å². The standard InChI is InChI=1S/C15H21FO3/c1-3-19-12-6-10(7-12)8-14(17)13-9-11(16)4-5-15(13)18-2/h4-5,9-10,12,14,17H,3,6-8H2,1-2H3. The monoisotopic (exact) mass is 268 g/mol. The molecule has 0 heterocycles. The molecule has 2 rings (SSSR count). The molecule has 4 heteroatoms. The van der Waals surface area contributed by atoms with Gasteiger partial charge in [-0.25, -0.2) is 4.39 Å². The molecule has 3 nitrogen and oxygen atoms in total. The number of halogens is 1. The summed E-state index contributed by atoms with van der Waals surface area (Å²) in [6, 6.07) is 4.24. The van der Waals surface area contributed by atoms with E-state index in [1.54, 1.807) is 6.07 Å². The Bertz CT molecular complexity index is 416. The summed E-state index contributed by atoms with van der Waals surface area (Å²) in [6.07, 6.45) is 2.23. The fraction of sp³-hybridized carbons (Fsp3) is 0.600. The Morgan fingerprint density at radius 3 is 2.79 bits per heavy atom. The second-order valence-electron chi connectivity index (χ2n) is 5.05. The van der Waals surface area contributed by atoms with Crippen LogP contribution < -0.4 is 4.74 Å². The number of ether oxygens (including phenoxy) is 2. The van der Waals surface area contributed by atoms with Crippen LogP contribution >= 0.6 is 0 Å². The Balaban J connectivity index is 1.93. The van der Waals surface area contributed by atoms with Crippen LogP contribution in [0.5, 0.6) is 5.75 Å². The molecule has 1 atom stereocenters. The van der Waals surface area contributed by atoms with Crippen LogP contribution in [0.3, 0.4) is 0 Å². The average molecular weight is 268 g/mol. The minimum Gasteiger partial charge on any atom is -0.496 e. The zero-order valence-electron chi connectivity index (χ0n) is 11.4. The number of aliphatic hydroxyl groups excluding tert-OH is 1. The van der Waals surface area contributed by atoms with Gasteiger partial charge in [-0.05, 0) is 50.3 Å². The van der Waals surface area contributed by atoms with Crippen LogP contribution in [0.1, 0.15) is 37.9 Å². The van der Waals surface area contributed by atoms with Crippen LogP contribution in [-0.2, 0) is 4.74 Å². The van der Waals surface area contributed by atoms with Crippen LogP contribution in [0.25, 0.3) is 0 Å². The first-order chi connectivity index (χ1) is 9.13. The smallest absolute Gasteiger partial charge is 0.124 e. The highest BCUT2D eigenvalue weighted by Gasteiger charge is 2.32. The van der Waals surface area contributed by atoms with Crippen LogP contribution in [0, 0.1) is 11.7 Å². The molecule has 0 spiro atoms. The second kappa shape index (κ2) is 6.35. The number of methoxy groups -OCH3 is 1. The van der Waals surface area contributed by atoms with Crippen LogP contribution in [0.15, 0.2) is 18.2 Å². The first-order valence-corrected chi connectivity index (χ1v) is 6.77. The van der Waals surface area contributed by atoms with E-state index in [0.29, 0.717) is 29.8 Å². The first kappa shape index (κ1) is 14.3. The lowest BCUT2D eigenvalue weighted by Gasteiger charge is -2.36. The minimum absolute atomic E-state index is 0.330. The highest BCUT2D eigenvalue weighted by Crippen LogP contribution is 2.38. The second-order valence-corrected chi connectivity index (χ2v) is 5.05. The summed E-state index contributed by atoms with van der Waals surface area (Å²) in [5, 5.41) is 10.2. The number of hydrogen-bond acceptors (Lipinski definition) is 3. The number of aliphatic hydroxyl groups is 1. The molecule has 0 saturated heterocycles. The van der Waals surface area contributed by atoms with Gasteiger partial charge in [0.15, 0.2) is 0 Å². The number of hydrogen-bond donors (Lipinski definition) is 1. The number of rotatable bonds is 6. The summed E-state index contributed by atoms with van der Waals surface area (Å²) in [4.78, 5) is 0.